The van der Waals surface area contributed by atoms with Crippen LogP contribution in [0.5, 0.6) is 0 Å². The fourth-order valence-corrected chi connectivity index (χ4v) is 1.32. The first-order valence-electron chi connectivity index (χ1n) is 3.54. The van der Waals surface area contributed by atoms with Crippen molar-refractivity contribution < 1.29 is 9.59 Å². The Kier molecular flexibility index (Phi) is 2.49. The van der Waals surface area contributed by atoms with E-state index in [9.17, 15) is 9.59 Å². The van der Waals surface area contributed by atoms with E-state index in [4.69, 9.17) is 11.6 Å². The Hall–Kier alpha value is -0.570. The van der Waals surface area contributed by atoms with Crippen molar-refractivity contribution in [1.29, 1.82) is 0 Å². The fourth-order valence-electron chi connectivity index (χ4n) is 1.14. The predicted molar refractivity (Wildman–Crippen MR) is 41.2 cm³/mol. The molecule has 1 unspecified atom stereocenters. The number of carbonyl (C=O) groups excluding carboxylic acids is 2. The summed E-state index contributed by atoms with van der Waals surface area (Å²) >= 11 is 5.26. The number of hydrogen-bond acceptors (Lipinski definition) is 2. The molecule has 1 aliphatic rings. The standard InChI is InChI=1S/C7H10ClNO2/c1-9-3-2-5(7(8)11)4-6(9)10/h5H,2-4H2,1H3. The highest BCUT2D eigenvalue weighted by Crippen LogP contribution is 2.19. The van der Waals surface area contributed by atoms with Crippen LogP contribution in [0.15, 0.2) is 0 Å². The van der Waals surface area contributed by atoms with Crippen LogP contribution in [0.1, 0.15) is 12.8 Å². The van der Waals surface area contributed by atoms with Gasteiger partial charge in [0.25, 0.3) is 0 Å². The van der Waals surface area contributed by atoms with E-state index in [0.29, 0.717) is 13.0 Å². The normalized spacial score (nSPS) is 25.5. The van der Waals surface area contributed by atoms with Crippen LogP contribution in [0.4, 0.5) is 0 Å². The molecule has 0 spiro atoms. The molecule has 0 aliphatic carbocycles. The van der Waals surface area contributed by atoms with Crippen LogP contribution >= 0.6 is 11.6 Å². The number of hydrogen-bond donors (Lipinski definition) is 0. The summed E-state index contributed by atoms with van der Waals surface area (Å²) in [7, 11) is 1.73. The van der Waals surface area contributed by atoms with Gasteiger partial charge in [-0.3, -0.25) is 9.59 Å². The Labute approximate surface area is 70.3 Å². The van der Waals surface area contributed by atoms with Gasteiger partial charge in [-0.15, -0.1) is 0 Å². The van der Waals surface area contributed by atoms with Crippen molar-refractivity contribution >= 4 is 22.8 Å². The molecule has 1 heterocycles. The molecule has 0 N–H and O–H groups in total. The molecule has 0 aromatic rings. The Balaban J connectivity index is 2.53. The molecule has 0 aromatic heterocycles. The third-order valence-electron chi connectivity index (χ3n) is 1.98. The summed E-state index contributed by atoms with van der Waals surface area (Å²) in [4.78, 5) is 23.3. The number of carbonyl (C=O) groups is 2. The summed E-state index contributed by atoms with van der Waals surface area (Å²) in [5.74, 6) is -0.240. The average molecular weight is 176 g/mol. The van der Waals surface area contributed by atoms with Crippen LogP contribution in [-0.4, -0.2) is 29.6 Å². The second-order valence-electron chi connectivity index (χ2n) is 2.81. The molecule has 1 atom stereocenters. The Morgan fingerprint density at radius 1 is 1.73 bits per heavy atom. The lowest BCUT2D eigenvalue weighted by molar-refractivity contribution is -0.136. The summed E-state index contributed by atoms with van der Waals surface area (Å²) in [5, 5.41) is -0.383. The van der Waals surface area contributed by atoms with E-state index in [1.54, 1.807) is 11.9 Å². The van der Waals surface area contributed by atoms with Gasteiger partial charge < -0.3 is 4.90 Å². The highest BCUT2D eigenvalue weighted by atomic mass is 35.5. The summed E-state index contributed by atoms with van der Waals surface area (Å²) in [6, 6.07) is 0. The van der Waals surface area contributed by atoms with Crippen LogP contribution in [0.3, 0.4) is 0 Å². The van der Waals surface area contributed by atoms with Crippen molar-refractivity contribution in [3.05, 3.63) is 0 Å². The van der Waals surface area contributed by atoms with Crippen LogP contribution < -0.4 is 0 Å². The van der Waals surface area contributed by atoms with Gasteiger partial charge in [-0.1, -0.05) is 0 Å². The third kappa shape index (κ3) is 1.93. The molecule has 3 nitrogen and oxygen atoms in total. The zero-order chi connectivity index (χ0) is 8.43. The highest BCUT2D eigenvalue weighted by Gasteiger charge is 2.27. The van der Waals surface area contributed by atoms with Gasteiger partial charge in [-0.25, -0.2) is 0 Å². The van der Waals surface area contributed by atoms with Gasteiger partial charge in [0.05, 0.1) is 0 Å². The second-order valence-corrected chi connectivity index (χ2v) is 3.18. The largest absolute Gasteiger partial charge is 0.346 e. The first-order valence-corrected chi connectivity index (χ1v) is 3.92. The lowest BCUT2D eigenvalue weighted by Crippen LogP contribution is -2.37. The van der Waals surface area contributed by atoms with E-state index in [1.807, 2.05) is 0 Å². The van der Waals surface area contributed by atoms with E-state index in [-0.39, 0.29) is 23.5 Å². The van der Waals surface area contributed by atoms with Crippen LogP contribution in [0.25, 0.3) is 0 Å². The summed E-state index contributed by atoms with van der Waals surface area (Å²) in [6.07, 6.45) is 0.976. The van der Waals surface area contributed by atoms with Crippen LogP contribution in [0, 0.1) is 5.92 Å². The molecular weight excluding hydrogens is 166 g/mol. The zero-order valence-electron chi connectivity index (χ0n) is 6.34. The van der Waals surface area contributed by atoms with E-state index in [2.05, 4.69) is 0 Å². The summed E-state index contributed by atoms with van der Waals surface area (Å²) in [5.41, 5.74) is 0. The molecule has 0 aromatic carbocycles. The molecule has 0 radical (unpaired) electrons. The number of nitrogens with zero attached hydrogens (tertiary/aromatic N) is 1. The minimum absolute atomic E-state index is 0.00949. The zero-order valence-corrected chi connectivity index (χ0v) is 7.10. The lowest BCUT2D eigenvalue weighted by Gasteiger charge is -2.26. The molecule has 0 bridgehead atoms. The van der Waals surface area contributed by atoms with Crippen molar-refractivity contribution in [2.24, 2.45) is 5.92 Å². The number of piperidine rings is 1. The van der Waals surface area contributed by atoms with E-state index < -0.39 is 0 Å². The van der Waals surface area contributed by atoms with Crippen LogP contribution in [-0.2, 0) is 9.59 Å². The molecule has 1 aliphatic heterocycles. The molecule has 1 amide bonds. The topological polar surface area (TPSA) is 37.4 Å². The SMILES string of the molecule is CN1CCC(C(=O)Cl)CC1=O. The fraction of sp³-hybridized carbons (Fsp3) is 0.714. The average Bonchev–Trinajstić information content (AvgIpc) is 1.94. The first kappa shape index (κ1) is 8.53. The maximum atomic E-state index is 11.0. The molecule has 1 fully saturated rings. The van der Waals surface area contributed by atoms with E-state index >= 15 is 0 Å². The van der Waals surface area contributed by atoms with Crippen molar-refractivity contribution in [3.8, 4) is 0 Å². The predicted octanol–water partition coefficient (Wildman–Crippen LogP) is 0.620. The minimum Gasteiger partial charge on any atom is -0.346 e. The van der Waals surface area contributed by atoms with Crippen LogP contribution in [0.2, 0.25) is 0 Å². The third-order valence-corrected chi connectivity index (χ3v) is 2.29. The Bertz CT molecular complexity index is 193. The lowest BCUT2D eigenvalue weighted by atomic mass is 9.98. The van der Waals surface area contributed by atoms with Crippen molar-refractivity contribution in [2.45, 2.75) is 12.8 Å². The molecule has 1 saturated heterocycles. The quantitative estimate of drug-likeness (QED) is 0.548. The number of halogens is 1. The van der Waals surface area contributed by atoms with Gasteiger partial charge in [0.1, 0.15) is 0 Å². The molecule has 0 saturated carbocycles. The molecular formula is C7H10ClNO2. The smallest absolute Gasteiger partial charge is 0.225 e. The monoisotopic (exact) mass is 175 g/mol. The van der Waals surface area contributed by atoms with Crippen molar-refractivity contribution in [1.82, 2.24) is 4.90 Å². The van der Waals surface area contributed by atoms with Gasteiger partial charge in [0, 0.05) is 25.9 Å². The maximum absolute atomic E-state index is 11.0. The van der Waals surface area contributed by atoms with Gasteiger partial charge in [0.15, 0.2) is 0 Å². The van der Waals surface area contributed by atoms with Crippen molar-refractivity contribution in [2.75, 3.05) is 13.6 Å². The number of likely N-dealkylation sites (tertiary alicyclic amines) is 1. The number of rotatable bonds is 1. The van der Waals surface area contributed by atoms with Crippen molar-refractivity contribution in [3.63, 3.8) is 0 Å². The van der Waals surface area contributed by atoms with Gasteiger partial charge in [-0.2, -0.15) is 0 Å². The van der Waals surface area contributed by atoms with Gasteiger partial charge in [0.2, 0.25) is 11.1 Å². The van der Waals surface area contributed by atoms with Gasteiger partial charge >= 0.3 is 0 Å². The molecule has 11 heavy (non-hydrogen) atoms. The van der Waals surface area contributed by atoms with Gasteiger partial charge in [-0.05, 0) is 18.0 Å². The Morgan fingerprint density at radius 3 is 2.82 bits per heavy atom. The minimum atomic E-state index is -0.383. The summed E-state index contributed by atoms with van der Waals surface area (Å²) in [6.45, 7) is 0.641. The second kappa shape index (κ2) is 3.22. The molecule has 1 rings (SSSR count). The van der Waals surface area contributed by atoms with E-state index in [0.717, 1.165) is 0 Å². The first-order chi connectivity index (χ1) is 5.11. The molecule has 4 heteroatoms. The van der Waals surface area contributed by atoms with E-state index in [1.165, 1.54) is 0 Å². The Morgan fingerprint density at radius 2 is 2.36 bits per heavy atom. The molecule has 62 valence electrons. The number of amides is 1. The highest BCUT2D eigenvalue weighted by molar-refractivity contribution is 6.64. The summed E-state index contributed by atoms with van der Waals surface area (Å²) < 4.78 is 0. The maximum Gasteiger partial charge on any atom is 0.225 e.